The highest BCUT2D eigenvalue weighted by molar-refractivity contribution is 9.10. The molecule has 0 unspecified atom stereocenters. The van der Waals surface area contributed by atoms with E-state index < -0.39 is 18.7 Å². The molecular formula is C6H5BrFNO. The predicted octanol–water partition coefficient (Wildman–Crippen LogP) is 1.99. The van der Waals surface area contributed by atoms with Crippen LogP contribution in [0.2, 0.25) is 0 Å². The first-order valence-electron chi connectivity index (χ1n) is 3.88. The number of nitrogens with zero attached hydrogens (tertiary/aromatic N) is 1. The quantitative estimate of drug-likeness (QED) is 0.705. The Balaban J connectivity index is 2.90. The first-order valence-corrected chi connectivity index (χ1v) is 3.18. The minimum absolute atomic E-state index is 0.419. The summed E-state index contributed by atoms with van der Waals surface area (Å²) in [5, 5.41) is 0. The summed E-state index contributed by atoms with van der Waals surface area (Å²) in [5.41, 5.74) is 0. The molecule has 0 amide bonds. The molecule has 0 aliphatic heterocycles. The van der Waals surface area contributed by atoms with Gasteiger partial charge >= 0.3 is 0 Å². The summed E-state index contributed by atoms with van der Waals surface area (Å²) < 4.78 is 37.8. The van der Waals surface area contributed by atoms with Gasteiger partial charge in [0.1, 0.15) is 0 Å². The molecule has 54 valence electrons. The summed E-state index contributed by atoms with van der Waals surface area (Å²) in [7, 11) is -2.68. The Hall–Kier alpha value is -0.640. The van der Waals surface area contributed by atoms with Crippen LogP contribution in [0.15, 0.2) is 16.7 Å². The third-order valence-electron chi connectivity index (χ3n) is 0.871. The Kier molecular flexibility index (Phi) is 1.27. The molecule has 1 rings (SSSR count). The zero-order valence-corrected chi connectivity index (χ0v) is 6.35. The van der Waals surface area contributed by atoms with Gasteiger partial charge in [-0.05, 0) is 22.0 Å². The number of halogens is 2. The number of aromatic nitrogens is 1. The van der Waals surface area contributed by atoms with Gasteiger partial charge in [0.2, 0.25) is 5.88 Å². The van der Waals surface area contributed by atoms with Gasteiger partial charge in [0.25, 0.3) is 0 Å². The molecule has 0 aliphatic carbocycles. The van der Waals surface area contributed by atoms with E-state index in [4.69, 9.17) is 4.11 Å². The zero-order chi connectivity index (χ0) is 10.1. The van der Waals surface area contributed by atoms with Gasteiger partial charge in [-0.15, -0.1) is 0 Å². The van der Waals surface area contributed by atoms with E-state index in [9.17, 15) is 4.39 Å². The van der Waals surface area contributed by atoms with Gasteiger partial charge in [-0.3, -0.25) is 0 Å². The molecule has 1 aromatic rings. The lowest BCUT2D eigenvalue weighted by atomic mass is 10.5. The number of methoxy groups -OCH3 is 1. The van der Waals surface area contributed by atoms with E-state index in [2.05, 4.69) is 25.7 Å². The highest BCUT2D eigenvalue weighted by atomic mass is 79.9. The topological polar surface area (TPSA) is 22.1 Å². The summed E-state index contributed by atoms with van der Waals surface area (Å²) >= 11 is 2.98. The van der Waals surface area contributed by atoms with E-state index in [0.29, 0.717) is 4.47 Å². The van der Waals surface area contributed by atoms with E-state index >= 15 is 0 Å². The lowest BCUT2D eigenvalue weighted by Crippen LogP contribution is -1.90. The number of hydrogen-bond donors (Lipinski definition) is 0. The molecule has 1 heterocycles. The van der Waals surface area contributed by atoms with Crippen molar-refractivity contribution in [2.24, 2.45) is 0 Å². The fraction of sp³-hybridized carbons (Fsp3) is 0.167. The van der Waals surface area contributed by atoms with Crippen molar-refractivity contribution in [3.05, 3.63) is 22.6 Å². The third kappa shape index (κ3) is 1.44. The van der Waals surface area contributed by atoms with Crippen LogP contribution in [0.3, 0.4) is 0 Å². The minimum Gasteiger partial charge on any atom is -0.479 e. The van der Waals surface area contributed by atoms with Crippen LogP contribution >= 0.6 is 15.9 Å². The Morgan fingerprint density at radius 1 is 1.90 bits per heavy atom. The van der Waals surface area contributed by atoms with Gasteiger partial charge in [-0.1, -0.05) is 0 Å². The maximum atomic E-state index is 12.9. The monoisotopic (exact) mass is 208 g/mol. The standard InChI is InChI=1S/C6H5BrFNO/c1-10-6-5(8)2-4(7)3-9-6/h2-3H,1H3/i1D3. The highest BCUT2D eigenvalue weighted by Crippen LogP contribution is 2.16. The predicted molar refractivity (Wildman–Crippen MR) is 38.4 cm³/mol. The summed E-state index contributed by atoms with van der Waals surface area (Å²) in [4.78, 5) is 3.46. The van der Waals surface area contributed by atoms with Gasteiger partial charge in [0.15, 0.2) is 5.82 Å². The first-order chi connectivity index (χ1) is 5.88. The highest BCUT2D eigenvalue weighted by Gasteiger charge is 2.01. The molecule has 1 aromatic heterocycles. The maximum Gasteiger partial charge on any atom is 0.250 e. The Labute approximate surface area is 70.4 Å². The molecule has 0 bridgehead atoms. The average molecular weight is 209 g/mol. The molecule has 0 saturated heterocycles. The number of rotatable bonds is 1. The van der Waals surface area contributed by atoms with E-state index in [1.165, 1.54) is 6.20 Å². The van der Waals surface area contributed by atoms with Crippen LogP contribution in [0.4, 0.5) is 4.39 Å². The van der Waals surface area contributed by atoms with E-state index in [1.54, 1.807) is 0 Å². The zero-order valence-electron chi connectivity index (χ0n) is 7.77. The SMILES string of the molecule is [2H]C([2H])([2H])Oc1ncc(Br)cc1F. The normalized spacial score (nSPS) is 15.2. The van der Waals surface area contributed by atoms with Crippen molar-refractivity contribution >= 4 is 15.9 Å². The van der Waals surface area contributed by atoms with E-state index in [0.717, 1.165) is 6.07 Å². The van der Waals surface area contributed by atoms with Crippen LogP contribution in [0, 0.1) is 5.82 Å². The lowest BCUT2D eigenvalue weighted by molar-refractivity contribution is 0.369. The second-order valence-electron chi connectivity index (χ2n) is 1.54. The van der Waals surface area contributed by atoms with Crippen molar-refractivity contribution in [3.8, 4) is 5.88 Å². The van der Waals surface area contributed by atoms with E-state index in [1.807, 2.05) is 0 Å². The van der Waals surface area contributed by atoms with Gasteiger partial charge in [-0.25, -0.2) is 9.37 Å². The fourth-order valence-corrected chi connectivity index (χ4v) is 0.780. The number of pyridine rings is 1. The summed E-state index contributed by atoms with van der Waals surface area (Å²) in [5.74, 6) is -1.34. The summed E-state index contributed by atoms with van der Waals surface area (Å²) in [6.07, 6.45) is 1.25. The second-order valence-corrected chi connectivity index (χ2v) is 2.46. The van der Waals surface area contributed by atoms with Crippen molar-refractivity contribution < 1.29 is 13.2 Å². The molecule has 0 aliphatic rings. The minimum atomic E-state index is -2.68. The van der Waals surface area contributed by atoms with Crippen LogP contribution < -0.4 is 4.74 Å². The van der Waals surface area contributed by atoms with Crippen molar-refractivity contribution in [2.75, 3.05) is 7.04 Å². The molecule has 0 N–H and O–H groups in total. The Morgan fingerprint density at radius 3 is 3.30 bits per heavy atom. The molecule has 0 fully saturated rings. The molecule has 0 atom stereocenters. The third-order valence-corrected chi connectivity index (χ3v) is 1.30. The fourth-order valence-electron chi connectivity index (χ4n) is 0.477. The Bertz CT molecular complexity index is 317. The van der Waals surface area contributed by atoms with Crippen LogP contribution in [0.25, 0.3) is 0 Å². The van der Waals surface area contributed by atoms with Crippen LogP contribution in [-0.4, -0.2) is 12.0 Å². The lowest BCUT2D eigenvalue weighted by Gasteiger charge is -1.98. The van der Waals surface area contributed by atoms with Crippen LogP contribution in [-0.2, 0) is 0 Å². The second kappa shape index (κ2) is 2.96. The van der Waals surface area contributed by atoms with Crippen molar-refractivity contribution in [1.82, 2.24) is 4.98 Å². The van der Waals surface area contributed by atoms with Crippen molar-refractivity contribution in [1.29, 1.82) is 0 Å². The van der Waals surface area contributed by atoms with Crippen molar-refractivity contribution in [3.63, 3.8) is 0 Å². The molecule has 4 heteroatoms. The van der Waals surface area contributed by atoms with E-state index in [-0.39, 0.29) is 0 Å². The molecule has 0 radical (unpaired) electrons. The molecule has 0 saturated carbocycles. The van der Waals surface area contributed by atoms with Crippen LogP contribution in [0.1, 0.15) is 4.11 Å². The largest absolute Gasteiger partial charge is 0.479 e. The number of ether oxygens (including phenoxy) is 1. The smallest absolute Gasteiger partial charge is 0.250 e. The van der Waals surface area contributed by atoms with Crippen molar-refractivity contribution in [2.45, 2.75) is 0 Å². The molecule has 2 nitrogen and oxygen atoms in total. The van der Waals surface area contributed by atoms with Gasteiger partial charge in [0.05, 0.1) is 11.2 Å². The molecular weight excluding hydrogens is 201 g/mol. The molecule has 10 heavy (non-hydrogen) atoms. The summed E-state index contributed by atoms with van der Waals surface area (Å²) in [6, 6.07) is 1.08. The summed E-state index contributed by atoms with van der Waals surface area (Å²) in [6.45, 7) is 0. The van der Waals surface area contributed by atoms with Gasteiger partial charge in [-0.2, -0.15) is 0 Å². The molecule has 0 aromatic carbocycles. The van der Waals surface area contributed by atoms with Crippen LogP contribution in [0.5, 0.6) is 5.88 Å². The van der Waals surface area contributed by atoms with Gasteiger partial charge < -0.3 is 4.74 Å². The average Bonchev–Trinajstić information content (AvgIpc) is 1.93. The molecule has 0 spiro atoms. The first kappa shape index (κ1) is 4.28. The maximum absolute atomic E-state index is 12.9. The van der Waals surface area contributed by atoms with Gasteiger partial charge in [0, 0.05) is 10.7 Å². The number of hydrogen-bond acceptors (Lipinski definition) is 2. The Morgan fingerprint density at radius 2 is 2.70 bits per heavy atom.